The number of benzene rings is 1. The Kier molecular flexibility index (Phi) is 4.20. The van der Waals surface area contributed by atoms with Gasteiger partial charge in [-0.05, 0) is 44.1 Å². The lowest BCUT2D eigenvalue weighted by atomic mass is 9.87. The van der Waals surface area contributed by atoms with Gasteiger partial charge in [-0.25, -0.2) is 9.37 Å². The molecule has 1 fully saturated rings. The highest BCUT2D eigenvalue weighted by atomic mass is 19.1. The van der Waals surface area contributed by atoms with E-state index in [-0.39, 0.29) is 0 Å². The molecule has 1 aromatic heterocycles. The fourth-order valence-electron chi connectivity index (χ4n) is 2.59. The van der Waals surface area contributed by atoms with Crippen LogP contribution in [-0.2, 0) is 5.67 Å². The summed E-state index contributed by atoms with van der Waals surface area (Å²) in [6.45, 7) is 5.42. The van der Waals surface area contributed by atoms with Gasteiger partial charge >= 0.3 is 0 Å². The van der Waals surface area contributed by atoms with Crippen molar-refractivity contribution in [1.29, 1.82) is 0 Å². The highest BCUT2D eigenvalue weighted by Gasteiger charge is 2.36. The average Bonchev–Trinajstić information content (AvgIpc) is 2.88. The molecular weight excluding hydrogens is 243 g/mol. The van der Waals surface area contributed by atoms with Crippen LogP contribution in [0, 0.1) is 0 Å². The zero-order chi connectivity index (χ0) is 13.9. The number of piperidine rings is 1. The van der Waals surface area contributed by atoms with Crippen LogP contribution in [-0.4, -0.2) is 30.0 Å². The van der Waals surface area contributed by atoms with Gasteiger partial charge in [-0.1, -0.05) is 19.9 Å². The number of hydrogen-bond acceptors (Lipinski definition) is 3. The van der Waals surface area contributed by atoms with Gasteiger partial charge in [-0.15, -0.1) is 0 Å². The van der Waals surface area contributed by atoms with Crippen LogP contribution in [0.3, 0.4) is 0 Å². The SMILES string of the molecule is CC.CN1CCCC(F)(c2ccc3ocnc3c2)C1. The Hall–Kier alpha value is -1.42. The van der Waals surface area contributed by atoms with E-state index in [1.807, 2.05) is 31.9 Å². The van der Waals surface area contributed by atoms with E-state index in [1.54, 1.807) is 12.1 Å². The molecule has 3 rings (SSSR count). The van der Waals surface area contributed by atoms with Crippen molar-refractivity contribution in [3.05, 3.63) is 30.2 Å². The molecular formula is C15H21FN2O. The molecule has 104 valence electrons. The van der Waals surface area contributed by atoms with Gasteiger partial charge < -0.3 is 9.32 Å². The maximum Gasteiger partial charge on any atom is 0.181 e. The second-order valence-electron chi connectivity index (χ2n) is 4.84. The number of likely N-dealkylation sites (N-methyl/N-ethyl adjacent to an activating group) is 1. The van der Waals surface area contributed by atoms with Crippen molar-refractivity contribution in [2.24, 2.45) is 0 Å². The molecule has 2 heterocycles. The van der Waals surface area contributed by atoms with E-state index in [9.17, 15) is 4.39 Å². The van der Waals surface area contributed by atoms with E-state index in [0.717, 1.165) is 18.5 Å². The minimum atomic E-state index is -1.25. The molecule has 0 aliphatic carbocycles. The van der Waals surface area contributed by atoms with Gasteiger partial charge in [-0.3, -0.25) is 0 Å². The van der Waals surface area contributed by atoms with Crippen molar-refractivity contribution in [3.8, 4) is 0 Å². The largest absolute Gasteiger partial charge is 0.443 e. The Morgan fingerprint density at radius 1 is 1.37 bits per heavy atom. The molecule has 1 aliphatic heterocycles. The predicted octanol–water partition coefficient (Wildman–Crippen LogP) is 3.74. The van der Waals surface area contributed by atoms with Crippen LogP contribution >= 0.6 is 0 Å². The Morgan fingerprint density at radius 3 is 2.89 bits per heavy atom. The first-order valence-electron chi connectivity index (χ1n) is 6.89. The summed E-state index contributed by atoms with van der Waals surface area (Å²) in [5.41, 5.74) is 0.903. The topological polar surface area (TPSA) is 29.3 Å². The standard InChI is InChI=1S/C13H15FN2O.C2H6/c1-16-6-2-5-13(14,8-16)10-3-4-12-11(7-10)15-9-17-12;1-2/h3-4,7,9H,2,5-6,8H2,1H3;1-2H3. The van der Waals surface area contributed by atoms with Crippen molar-refractivity contribution < 1.29 is 8.81 Å². The molecule has 3 nitrogen and oxygen atoms in total. The predicted molar refractivity (Wildman–Crippen MR) is 74.9 cm³/mol. The maximum atomic E-state index is 14.9. The van der Waals surface area contributed by atoms with E-state index >= 15 is 0 Å². The van der Waals surface area contributed by atoms with Crippen LogP contribution in [0.1, 0.15) is 32.3 Å². The summed E-state index contributed by atoms with van der Waals surface area (Å²) >= 11 is 0. The maximum absolute atomic E-state index is 14.9. The van der Waals surface area contributed by atoms with Gasteiger partial charge in [0, 0.05) is 6.54 Å². The Bertz CT molecular complexity index is 540. The first kappa shape index (κ1) is 14.0. The number of likely N-dealkylation sites (tertiary alicyclic amines) is 1. The third-order valence-electron chi connectivity index (χ3n) is 3.48. The smallest absolute Gasteiger partial charge is 0.181 e. The van der Waals surface area contributed by atoms with Crippen LogP contribution in [0.15, 0.2) is 29.0 Å². The van der Waals surface area contributed by atoms with Gasteiger partial charge in [0.15, 0.2) is 12.0 Å². The number of aromatic nitrogens is 1. The second kappa shape index (κ2) is 5.70. The number of halogens is 1. The number of nitrogens with zero attached hydrogens (tertiary/aromatic N) is 2. The van der Waals surface area contributed by atoms with Crippen LogP contribution in [0.2, 0.25) is 0 Å². The fourth-order valence-corrected chi connectivity index (χ4v) is 2.59. The molecule has 1 saturated heterocycles. The quantitative estimate of drug-likeness (QED) is 0.785. The molecule has 0 bridgehead atoms. The third kappa shape index (κ3) is 2.78. The number of oxazole rings is 1. The molecule has 0 amide bonds. The van der Waals surface area contributed by atoms with E-state index in [0.29, 0.717) is 24.1 Å². The summed E-state index contributed by atoms with van der Waals surface area (Å²) in [6.07, 6.45) is 2.87. The Morgan fingerprint density at radius 2 is 2.16 bits per heavy atom. The summed E-state index contributed by atoms with van der Waals surface area (Å²) in [7, 11) is 1.96. The monoisotopic (exact) mass is 264 g/mol. The molecule has 0 spiro atoms. The van der Waals surface area contributed by atoms with E-state index in [4.69, 9.17) is 4.42 Å². The molecule has 1 atom stereocenters. The van der Waals surface area contributed by atoms with Gasteiger partial charge in [0.25, 0.3) is 0 Å². The lowest BCUT2D eigenvalue weighted by molar-refractivity contribution is 0.0564. The Labute approximate surface area is 113 Å². The first-order valence-corrected chi connectivity index (χ1v) is 6.89. The molecule has 4 heteroatoms. The van der Waals surface area contributed by atoms with E-state index < -0.39 is 5.67 Å². The normalized spacial score (nSPS) is 24.0. The molecule has 2 aromatic rings. The molecule has 0 saturated carbocycles. The summed E-state index contributed by atoms with van der Waals surface area (Å²) < 4.78 is 20.1. The van der Waals surface area contributed by atoms with Gasteiger partial charge in [-0.2, -0.15) is 0 Å². The van der Waals surface area contributed by atoms with Gasteiger partial charge in [0.05, 0.1) is 0 Å². The van der Waals surface area contributed by atoms with Crippen molar-refractivity contribution in [3.63, 3.8) is 0 Å². The van der Waals surface area contributed by atoms with E-state index in [2.05, 4.69) is 4.98 Å². The van der Waals surface area contributed by atoms with Crippen LogP contribution < -0.4 is 0 Å². The summed E-state index contributed by atoms with van der Waals surface area (Å²) in [6, 6.07) is 5.41. The van der Waals surface area contributed by atoms with Gasteiger partial charge in [0.2, 0.25) is 0 Å². The van der Waals surface area contributed by atoms with Gasteiger partial charge in [0.1, 0.15) is 11.2 Å². The molecule has 1 aromatic carbocycles. The Balaban J connectivity index is 0.000000637. The van der Waals surface area contributed by atoms with Crippen LogP contribution in [0.4, 0.5) is 4.39 Å². The number of alkyl halides is 1. The molecule has 1 unspecified atom stereocenters. The van der Waals surface area contributed by atoms with Crippen LogP contribution in [0.25, 0.3) is 11.1 Å². The minimum absolute atomic E-state index is 0.455. The summed E-state index contributed by atoms with van der Waals surface area (Å²) in [5.74, 6) is 0. The average molecular weight is 264 g/mol. The fraction of sp³-hybridized carbons (Fsp3) is 0.533. The van der Waals surface area contributed by atoms with Crippen molar-refractivity contribution in [2.45, 2.75) is 32.4 Å². The highest BCUT2D eigenvalue weighted by Crippen LogP contribution is 2.36. The molecule has 19 heavy (non-hydrogen) atoms. The molecule has 0 N–H and O–H groups in total. The van der Waals surface area contributed by atoms with Crippen molar-refractivity contribution >= 4 is 11.1 Å². The minimum Gasteiger partial charge on any atom is -0.443 e. The van der Waals surface area contributed by atoms with Crippen molar-refractivity contribution in [1.82, 2.24) is 9.88 Å². The lowest BCUT2D eigenvalue weighted by Gasteiger charge is -2.35. The first-order chi connectivity index (χ1) is 9.17. The highest BCUT2D eigenvalue weighted by molar-refractivity contribution is 5.73. The zero-order valence-corrected chi connectivity index (χ0v) is 11.8. The number of rotatable bonds is 1. The van der Waals surface area contributed by atoms with E-state index in [1.165, 1.54) is 6.39 Å². The lowest BCUT2D eigenvalue weighted by Crippen LogP contribution is -2.41. The summed E-state index contributed by atoms with van der Waals surface area (Å²) in [5, 5.41) is 0. The second-order valence-corrected chi connectivity index (χ2v) is 4.84. The zero-order valence-electron chi connectivity index (χ0n) is 11.8. The molecule has 1 aliphatic rings. The number of fused-ring (bicyclic) bond motifs is 1. The third-order valence-corrected chi connectivity index (χ3v) is 3.48. The summed E-state index contributed by atoms with van der Waals surface area (Å²) in [4.78, 5) is 6.12. The van der Waals surface area contributed by atoms with Crippen molar-refractivity contribution in [2.75, 3.05) is 20.1 Å². The van der Waals surface area contributed by atoms with Crippen LogP contribution in [0.5, 0.6) is 0 Å². The molecule has 0 radical (unpaired) electrons. The number of hydrogen-bond donors (Lipinski definition) is 0.